The van der Waals surface area contributed by atoms with Crippen molar-refractivity contribution in [3.05, 3.63) is 29.6 Å². The molecular formula is C17H29N3O3Si. The van der Waals surface area contributed by atoms with Gasteiger partial charge < -0.3 is 4.43 Å². The SMILES string of the molecule is CC(C)[Si](OCC(=O)c1cccnc1C(=O)NN)(C(C)C)C(C)C. The van der Waals surface area contributed by atoms with Crippen LogP contribution in [0.2, 0.25) is 16.6 Å². The molecule has 24 heavy (non-hydrogen) atoms. The van der Waals surface area contributed by atoms with Crippen LogP contribution in [-0.2, 0) is 4.43 Å². The number of amides is 1. The third-order valence-corrected chi connectivity index (χ3v) is 10.7. The van der Waals surface area contributed by atoms with E-state index in [4.69, 9.17) is 10.3 Å². The lowest BCUT2D eigenvalue weighted by Crippen LogP contribution is -2.48. The van der Waals surface area contributed by atoms with E-state index < -0.39 is 14.2 Å². The summed E-state index contributed by atoms with van der Waals surface area (Å²) in [5, 5.41) is 0. The topological polar surface area (TPSA) is 94.3 Å². The number of nitrogens with one attached hydrogen (secondary N) is 1. The Balaban J connectivity index is 3.06. The Labute approximate surface area is 145 Å². The van der Waals surface area contributed by atoms with Crippen molar-refractivity contribution in [1.82, 2.24) is 10.4 Å². The molecule has 1 aromatic heterocycles. The van der Waals surface area contributed by atoms with Crippen molar-refractivity contribution in [2.75, 3.05) is 6.61 Å². The zero-order valence-corrected chi connectivity index (χ0v) is 16.4. The summed E-state index contributed by atoms with van der Waals surface area (Å²) in [5.74, 6) is 4.33. The number of carbonyl (C=O) groups excluding carboxylic acids is 2. The van der Waals surface area contributed by atoms with E-state index in [1.807, 2.05) is 5.43 Å². The molecule has 1 heterocycles. The molecule has 0 fully saturated rings. The number of nitrogens with zero attached hydrogens (tertiary/aromatic N) is 1. The molecule has 3 N–H and O–H groups in total. The number of aromatic nitrogens is 1. The maximum Gasteiger partial charge on any atom is 0.284 e. The Morgan fingerprint density at radius 2 is 1.71 bits per heavy atom. The minimum Gasteiger partial charge on any atom is -0.408 e. The molecule has 0 unspecified atom stereocenters. The van der Waals surface area contributed by atoms with Gasteiger partial charge in [-0.1, -0.05) is 41.5 Å². The number of ketones is 1. The minimum absolute atomic E-state index is 0.0273. The first-order valence-electron chi connectivity index (χ1n) is 8.31. The number of nitrogens with two attached hydrogens (primary N) is 1. The lowest BCUT2D eigenvalue weighted by Gasteiger charge is -2.42. The molecule has 134 valence electrons. The van der Waals surface area contributed by atoms with Crippen LogP contribution in [0.4, 0.5) is 0 Å². The molecular weight excluding hydrogens is 322 g/mol. The molecule has 6 nitrogen and oxygen atoms in total. The van der Waals surface area contributed by atoms with E-state index in [0.29, 0.717) is 16.6 Å². The zero-order valence-electron chi connectivity index (χ0n) is 15.4. The largest absolute Gasteiger partial charge is 0.408 e. The second-order valence-corrected chi connectivity index (χ2v) is 12.4. The van der Waals surface area contributed by atoms with Crippen molar-refractivity contribution in [3.8, 4) is 0 Å². The van der Waals surface area contributed by atoms with Crippen LogP contribution < -0.4 is 11.3 Å². The zero-order chi connectivity index (χ0) is 18.5. The third kappa shape index (κ3) is 4.09. The van der Waals surface area contributed by atoms with E-state index in [2.05, 4.69) is 46.5 Å². The van der Waals surface area contributed by atoms with Crippen molar-refractivity contribution in [1.29, 1.82) is 0 Å². The van der Waals surface area contributed by atoms with Crippen LogP contribution in [-0.4, -0.2) is 31.6 Å². The predicted molar refractivity (Wildman–Crippen MR) is 97.2 cm³/mol. The van der Waals surface area contributed by atoms with E-state index in [9.17, 15) is 9.59 Å². The lowest BCUT2D eigenvalue weighted by atomic mass is 10.1. The number of carbonyl (C=O) groups is 2. The molecule has 0 aliphatic heterocycles. The van der Waals surface area contributed by atoms with Crippen LogP contribution in [0.25, 0.3) is 0 Å². The third-order valence-electron chi connectivity index (χ3n) is 4.61. The fourth-order valence-electron chi connectivity index (χ4n) is 3.65. The molecule has 1 amide bonds. The maximum absolute atomic E-state index is 12.6. The number of hydrogen-bond donors (Lipinski definition) is 2. The van der Waals surface area contributed by atoms with Gasteiger partial charge in [-0.25, -0.2) is 5.84 Å². The Morgan fingerprint density at radius 1 is 1.17 bits per heavy atom. The van der Waals surface area contributed by atoms with Crippen LogP contribution in [0, 0.1) is 0 Å². The van der Waals surface area contributed by atoms with Crippen LogP contribution in [0.1, 0.15) is 62.4 Å². The highest BCUT2D eigenvalue weighted by Crippen LogP contribution is 2.42. The molecule has 0 atom stereocenters. The van der Waals surface area contributed by atoms with Crippen LogP contribution >= 0.6 is 0 Å². The fraction of sp³-hybridized carbons (Fsp3) is 0.588. The lowest BCUT2D eigenvalue weighted by molar-refractivity contribution is 0.0887. The van der Waals surface area contributed by atoms with Crippen molar-refractivity contribution in [3.63, 3.8) is 0 Å². The molecule has 0 saturated heterocycles. The van der Waals surface area contributed by atoms with E-state index in [0.717, 1.165) is 0 Å². The van der Waals surface area contributed by atoms with Crippen LogP contribution in [0.15, 0.2) is 18.3 Å². The van der Waals surface area contributed by atoms with E-state index >= 15 is 0 Å². The standard InChI is InChI=1S/C17H29N3O3Si/c1-11(2)24(12(3)4,13(5)6)23-10-15(21)14-8-7-9-19-16(14)17(22)20-18/h7-9,11-13H,10,18H2,1-6H3,(H,20,22). The first-order chi connectivity index (χ1) is 11.2. The van der Waals surface area contributed by atoms with Crippen molar-refractivity contribution < 1.29 is 14.0 Å². The van der Waals surface area contributed by atoms with Crippen molar-refractivity contribution in [2.24, 2.45) is 5.84 Å². The highest BCUT2D eigenvalue weighted by atomic mass is 28.4. The normalized spacial score (nSPS) is 12.1. The number of nitrogen functional groups attached to an aromatic ring is 1. The van der Waals surface area contributed by atoms with Gasteiger partial charge in [-0.05, 0) is 28.8 Å². The smallest absolute Gasteiger partial charge is 0.284 e. The molecule has 0 saturated carbocycles. The summed E-state index contributed by atoms with van der Waals surface area (Å²) >= 11 is 0. The van der Waals surface area contributed by atoms with E-state index in [1.165, 1.54) is 6.20 Å². The second-order valence-electron chi connectivity index (χ2n) is 6.90. The fourth-order valence-corrected chi connectivity index (χ4v) is 9.03. The molecule has 0 aliphatic rings. The monoisotopic (exact) mass is 351 g/mol. The quantitative estimate of drug-likeness (QED) is 0.247. The highest BCUT2D eigenvalue weighted by Gasteiger charge is 2.45. The van der Waals surface area contributed by atoms with E-state index in [-0.39, 0.29) is 23.6 Å². The van der Waals surface area contributed by atoms with Gasteiger partial charge >= 0.3 is 0 Å². The van der Waals surface area contributed by atoms with Gasteiger partial charge in [0.2, 0.25) is 8.32 Å². The summed E-state index contributed by atoms with van der Waals surface area (Å²) in [6.07, 6.45) is 1.46. The molecule has 1 aromatic rings. The average molecular weight is 352 g/mol. The second kappa shape index (κ2) is 8.50. The first-order valence-corrected chi connectivity index (χ1v) is 10.5. The summed E-state index contributed by atoms with van der Waals surface area (Å²) in [7, 11) is -2.14. The van der Waals surface area contributed by atoms with Gasteiger partial charge in [0.15, 0.2) is 5.78 Å². The van der Waals surface area contributed by atoms with Crippen LogP contribution in [0.5, 0.6) is 0 Å². The van der Waals surface area contributed by atoms with Gasteiger partial charge in [0.05, 0.1) is 12.2 Å². The van der Waals surface area contributed by atoms with Crippen molar-refractivity contribution >= 4 is 20.0 Å². The summed E-state index contributed by atoms with van der Waals surface area (Å²) in [6, 6.07) is 3.20. The Bertz CT molecular complexity index is 566. The number of Topliss-reactive ketones (excluding diaryl/α,β-unsaturated/α-hetero) is 1. The molecule has 0 bridgehead atoms. The van der Waals surface area contributed by atoms with Gasteiger partial charge in [0.1, 0.15) is 5.69 Å². The Morgan fingerprint density at radius 3 is 2.17 bits per heavy atom. The van der Waals surface area contributed by atoms with E-state index in [1.54, 1.807) is 12.1 Å². The highest BCUT2D eigenvalue weighted by molar-refractivity contribution is 6.77. The van der Waals surface area contributed by atoms with Crippen molar-refractivity contribution in [2.45, 2.75) is 58.2 Å². The molecule has 1 rings (SSSR count). The summed E-state index contributed by atoms with van der Waals surface area (Å²) < 4.78 is 6.30. The first kappa shape index (κ1) is 20.5. The van der Waals surface area contributed by atoms with Crippen LogP contribution in [0.3, 0.4) is 0 Å². The molecule has 0 aromatic carbocycles. The predicted octanol–water partition coefficient (Wildman–Crippen LogP) is 3.06. The van der Waals surface area contributed by atoms with Gasteiger partial charge in [-0.2, -0.15) is 0 Å². The molecule has 0 aliphatic carbocycles. The van der Waals surface area contributed by atoms with Gasteiger partial charge in [-0.3, -0.25) is 20.0 Å². The Kier molecular flexibility index (Phi) is 7.25. The number of rotatable bonds is 8. The minimum atomic E-state index is -2.14. The molecule has 7 heteroatoms. The maximum atomic E-state index is 12.6. The van der Waals surface area contributed by atoms with Gasteiger partial charge in [-0.15, -0.1) is 0 Å². The average Bonchev–Trinajstić information content (AvgIpc) is 2.53. The molecule has 0 radical (unpaired) electrons. The summed E-state index contributed by atoms with van der Waals surface area (Å²) in [5.41, 5.74) is 3.42. The summed E-state index contributed by atoms with van der Waals surface area (Å²) in [4.78, 5) is 28.4. The number of pyridine rings is 1. The molecule has 0 spiro atoms. The summed E-state index contributed by atoms with van der Waals surface area (Å²) in [6.45, 7) is 12.9. The van der Waals surface area contributed by atoms with Gasteiger partial charge in [0.25, 0.3) is 5.91 Å². The number of hydrazine groups is 1. The number of hydrogen-bond acceptors (Lipinski definition) is 5. The Hall–Kier alpha value is -1.57. The van der Waals surface area contributed by atoms with Gasteiger partial charge in [0, 0.05) is 6.20 Å².